The van der Waals surface area contributed by atoms with E-state index in [0.717, 1.165) is 30.9 Å². The molecule has 1 aliphatic carbocycles. The summed E-state index contributed by atoms with van der Waals surface area (Å²) in [6.45, 7) is 2.13. The second-order valence-corrected chi connectivity index (χ2v) is 5.67. The highest BCUT2D eigenvalue weighted by molar-refractivity contribution is 7.98. The minimum atomic E-state index is -0.333. The van der Waals surface area contributed by atoms with Crippen molar-refractivity contribution in [2.45, 2.75) is 51.1 Å². The zero-order valence-corrected chi connectivity index (χ0v) is 11.2. The minimum absolute atomic E-state index is 0.0292. The van der Waals surface area contributed by atoms with Crippen LogP contribution in [-0.4, -0.2) is 30.0 Å². The van der Waals surface area contributed by atoms with Crippen LogP contribution in [0.3, 0.4) is 0 Å². The highest BCUT2D eigenvalue weighted by Crippen LogP contribution is 2.34. The maximum Gasteiger partial charge on any atom is 0.237 e. The van der Waals surface area contributed by atoms with E-state index in [1.807, 2.05) is 6.26 Å². The van der Waals surface area contributed by atoms with Crippen LogP contribution in [0.4, 0.5) is 0 Å². The van der Waals surface area contributed by atoms with E-state index < -0.39 is 0 Å². The summed E-state index contributed by atoms with van der Waals surface area (Å²) in [7, 11) is 0. The zero-order valence-electron chi connectivity index (χ0n) is 10.4. The quantitative estimate of drug-likeness (QED) is 0.684. The van der Waals surface area contributed by atoms with E-state index in [0.29, 0.717) is 6.04 Å². The molecule has 1 fully saturated rings. The molecule has 0 spiro atoms. The number of thioether (sulfide) groups is 1. The van der Waals surface area contributed by atoms with Crippen molar-refractivity contribution in [2.24, 2.45) is 11.7 Å². The standard InChI is InChI=1S/C12H24N2OS/c1-3-10(8-9-4-5-9)14-12(15)11(13)6-7-16-2/h9-11H,3-8,13H2,1-2H3,(H,14,15)/t10?,11-/m0/s1. The largest absolute Gasteiger partial charge is 0.352 e. The molecule has 3 nitrogen and oxygen atoms in total. The molecular weight excluding hydrogens is 220 g/mol. The summed E-state index contributed by atoms with van der Waals surface area (Å²) in [5.41, 5.74) is 5.83. The van der Waals surface area contributed by atoms with Crippen molar-refractivity contribution in [1.82, 2.24) is 5.32 Å². The molecule has 0 bridgehead atoms. The van der Waals surface area contributed by atoms with Gasteiger partial charge in [-0.15, -0.1) is 0 Å². The van der Waals surface area contributed by atoms with Gasteiger partial charge >= 0.3 is 0 Å². The summed E-state index contributed by atoms with van der Waals surface area (Å²) in [4.78, 5) is 11.8. The third-order valence-corrected chi connectivity index (χ3v) is 3.77. The van der Waals surface area contributed by atoms with Crippen molar-refractivity contribution in [3.05, 3.63) is 0 Å². The first-order valence-corrected chi connectivity index (χ1v) is 7.61. The summed E-state index contributed by atoms with van der Waals surface area (Å²) >= 11 is 1.73. The number of hydrogen-bond donors (Lipinski definition) is 2. The lowest BCUT2D eigenvalue weighted by atomic mass is 10.1. The Bertz CT molecular complexity index is 219. The molecule has 0 aliphatic heterocycles. The predicted octanol–water partition coefficient (Wildman–Crippen LogP) is 1.76. The van der Waals surface area contributed by atoms with Gasteiger partial charge in [0.25, 0.3) is 0 Å². The van der Waals surface area contributed by atoms with Gasteiger partial charge in [-0.3, -0.25) is 4.79 Å². The van der Waals surface area contributed by atoms with Crippen LogP contribution in [0.25, 0.3) is 0 Å². The van der Waals surface area contributed by atoms with E-state index in [1.165, 1.54) is 12.8 Å². The topological polar surface area (TPSA) is 55.1 Å². The van der Waals surface area contributed by atoms with E-state index in [4.69, 9.17) is 5.73 Å². The van der Waals surface area contributed by atoms with Crippen LogP contribution < -0.4 is 11.1 Å². The summed E-state index contributed by atoms with van der Waals surface area (Å²) in [6, 6.07) is 0.000956. The molecular formula is C12H24N2OS. The van der Waals surface area contributed by atoms with Crippen molar-refractivity contribution in [3.8, 4) is 0 Å². The predicted molar refractivity (Wildman–Crippen MR) is 70.5 cm³/mol. The van der Waals surface area contributed by atoms with Gasteiger partial charge in [0, 0.05) is 6.04 Å². The van der Waals surface area contributed by atoms with Crippen molar-refractivity contribution in [1.29, 1.82) is 0 Å². The van der Waals surface area contributed by atoms with Gasteiger partial charge in [0.15, 0.2) is 0 Å². The van der Waals surface area contributed by atoms with Crippen molar-refractivity contribution >= 4 is 17.7 Å². The van der Waals surface area contributed by atoms with Crippen LogP contribution in [0.15, 0.2) is 0 Å². The normalized spacial score (nSPS) is 19.2. The highest BCUT2D eigenvalue weighted by Gasteiger charge is 2.26. The summed E-state index contributed by atoms with van der Waals surface area (Å²) < 4.78 is 0. The second kappa shape index (κ2) is 7.17. The van der Waals surface area contributed by atoms with Gasteiger partial charge in [-0.1, -0.05) is 19.8 Å². The average molecular weight is 244 g/mol. The second-order valence-electron chi connectivity index (χ2n) is 4.68. The van der Waals surface area contributed by atoms with Crippen LogP contribution in [0.1, 0.15) is 39.0 Å². The van der Waals surface area contributed by atoms with Gasteiger partial charge in [-0.2, -0.15) is 11.8 Å². The minimum Gasteiger partial charge on any atom is -0.352 e. The maximum absolute atomic E-state index is 11.8. The van der Waals surface area contributed by atoms with Gasteiger partial charge in [-0.05, 0) is 37.2 Å². The monoisotopic (exact) mass is 244 g/mol. The highest BCUT2D eigenvalue weighted by atomic mass is 32.2. The van der Waals surface area contributed by atoms with Crippen LogP contribution in [0.5, 0.6) is 0 Å². The van der Waals surface area contributed by atoms with Crippen LogP contribution in [0.2, 0.25) is 0 Å². The molecule has 0 heterocycles. The number of rotatable bonds is 8. The number of carbonyl (C=O) groups is 1. The molecule has 2 atom stereocenters. The van der Waals surface area contributed by atoms with Gasteiger partial charge in [-0.25, -0.2) is 0 Å². The fraction of sp³-hybridized carbons (Fsp3) is 0.917. The first-order chi connectivity index (χ1) is 7.67. The average Bonchev–Trinajstić information content (AvgIpc) is 3.08. The lowest BCUT2D eigenvalue weighted by molar-refractivity contribution is -0.123. The number of nitrogens with two attached hydrogens (primary N) is 1. The molecule has 1 aliphatic rings. The zero-order chi connectivity index (χ0) is 12.0. The molecule has 1 rings (SSSR count). The van der Waals surface area contributed by atoms with Crippen LogP contribution in [0, 0.1) is 5.92 Å². The van der Waals surface area contributed by atoms with E-state index in [2.05, 4.69) is 12.2 Å². The molecule has 0 aromatic rings. The molecule has 94 valence electrons. The molecule has 0 aromatic carbocycles. The van der Waals surface area contributed by atoms with E-state index >= 15 is 0 Å². The molecule has 3 N–H and O–H groups in total. The molecule has 1 saturated carbocycles. The smallest absolute Gasteiger partial charge is 0.237 e. The van der Waals surface area contributed by atoms with Crippen LogP contribution >= 0.6 is 11.8 Å². The molecule has 0 radical (unpaired) electrons. The number of amides is 1. The number of nitrogens with one attached hydrogen (secondary N) is 1. The van der Waals surface area contributed by atoms with Gasteiger partial charge in [0.2, 0.25) is 5.91 Å². The Balaban J connectivity index is 2.23. The Labute approximate surface area is 103 Å². The van der Waals surface area contributed by atoms with E-state index in [1.54, 1.807) is 11.8 Å². The Kier molecular flexibility index (Phi) is 6.21. The number of carbonyl (C=O) groups excluding carboxylic acids is 1. The van der Waals surface area contributed by atoms with E-state index in [-0.39, 0.29) is 11.9 Å². The van der Waals surface area contributed by atoms with Crippen LogP contribution in [-0.2, 0) is 4.79 Å². The third-order valence-electron chi connectivity index (χ3n) is 3.12. The van der Waals surface area contributed by atoms with Gasteiger partial charge in [0.05, 0.1) is 6.04 Å². The third kappa shape index (κ3) is 5.21. The molecule has 0 aromatic heterocycles. The van der Waals surface area contributed by atoms with Gasteiger partial charge in [0.1, 0.15) is 0 Å². The molecule has 16 heavy (non-hydrogen) atoms. The number of hydrogen-bond acceptors (Lipinski definition) is 3. The molecule has 1 amide bonds. The summed E-state index contributed by atoms with van der Waals surface area (Å²) in [6.07, 6.45) is 7.63. The lowest BCUT2D eigenvalue weighted by Crippen LogP contribution is -2.45. The van der Waals surface area contributed by atoms with Crippen molar-refractivity contribution < 1.29 is 4.79 Å². The SMILES string of the molecule is CCC(CC1CC1)NC(=O)[C@@H](N)CCSC. The van der Waals surface area contributed by atoms with E-state index in [9.17, 15) is 4.79 Å². The fourth-order valence-electron chi connectivity index (χ4n) is 1.77. The Morgan fingerprint density at radius 1 is 1.56 bits per heavy atom. The molecule has 0 saturated heterocycles. The Morgan fingerprint density at radius 3 is 2.75 bits per heavy atom. The van der Waals surface area contributed by atoms with Gasteiger partial charge < -0.3 is 11.1 Å². The van der Waals surface area contributed by atoms with Crippen molar-refractivity contribution in [2.75, 3.05) is 12.0 Å². The molecule has 4 heteroatoms. The maximum atomic E-state index is 11.8. The summed E-state index contributed by atoms with van der Waals surface area (Å²) in [5, 5.41) is 3.07. The Hall–Kier alpha value is -0.220. The summed E-state index contributed by atoms with van der Waals surface area (Å²) in [5.74, 6) is 1.84. The lowest BCUT2D eigenvalue weighted by Gasteiger charge is -2.19. The first kappa shape index (κ1) is 13.8. The Morgan fingerprint density at radius 2 is 2.25 bits per heavy atom. The fourth-order valence-corrected chi connectivity index (χ4v) is 2.26. The van der Waals surface area contributed by atoms with Crippen molar-refractivity contribution in [3.63, 3.8) is 0 Å². The molecule has 1 unspecified atom stereocenters. The first-order valence-electron chi connectivity index (χ1n) is 6.22.